The van der Waals surface area contributed by atoms with Gasteiger partial charge in [0, 0.05) is 19.2 Å². The van der Waals surface area contributed by atoms with Crippen LogP contribution in [0.2, 0.25) is 0 Å². The normalized spacial score (nSPS) is 10.9. The van der Waals surface area contributed by atoms with E-state index in [0.29, 0.717) is 6.54 Å². The Morgan fingerprint density at radius 2 is 2.00 bits per heavy atom. The molecule has 0 bridgehead atoms. The zero-order valence-electron chi connectivity index (χ0n) is 10.3. The fraction of sp³-hybridized carbons (Fsp3) is 0.308. The molecule has 17 heavy (non-hydrogen) atoms. The molecule has 0 aliphatic carbocycles. The lowest BCUT2D eigenvalue weighted by atomic mass is 10.0. The van der Waals surface area contributed by atoms with Crippen molar-refractivity contribution < 1.29 is 0 Å². The summed E-state index contributed by atoms with van der Waals surface area (Å²) in [4.78, 5) is 0. The molecule has 1 aromatic carbocycles. The predicted molar refractivity (Wildman–Crippen MR) is 73.7 cm³/mol. The van der Waals surface area contributed by atoms with E-state index in [-0.39, 0.29) is 0 Å². The van der Waals surface area contributed by atoms with Crippen molar-refractivity contribution in [3.63, 3.8) is 0 Å². The van der Waals surface area contributed by atoms with E-state index in [1.165, 1.54) is 11.1 Å². The van der Waals surface area contributed by atoms with Crippen LogP contribution >= 0.6 is 15.9 Å². The summed E-state index contributed by atoms with van der Waals surface area (Å²) in [6.45, 7) is 4.68. The standard InChI is InChI=1S/C13H16BrN3/c1-8-4-5-10(6-9(8)2)13-12(14)11(7-15)16-17(13)3/h4-6H,7,15H2,1-3H3. The summed E-state index contributed by atoms with van der Waals surface area (Å²) in [6.07, 6.45) is 0. The van der Waals surface area contributed by atoms with Gasteiger partial charge >= 0.3 is 0 Å². The van der Waals surface area contributed by atoms with Gasteiger partial charge in [0.15, 0.2) is 0 Å². The molecule has 4 heteroatoms. The molecule has 0 saturated carbocycles. The third-order valence-corrected chi connectivity index (χ3v) is 3.86. The lowest BCUT2D eigenvalue weighted by Crippen LogP contribution is -1.99. The van der Waals surface area contributed by atoms with Gasteiger partial charge in [0.25, 0.3) is 0 Å². The van der Waals surface area contributed by atoms with Gasteiger partial charge in [-0.1, -0.05) is 12.1 Å². The third kappa shape index (κ3) is 2.15. The SMILES string of the molecule is Cc1ccc(-c2c(Br)c(CN)nn2C)cc1C. The number of benzene rings is 1. The highest BCUT2D eigenvalue weighted by Gasteiger charge is 2.14. The van der Waals surface area contributed by atoms with Crippen LogP contribution in [0.3, 0.4) is 0 Å². The molecule has 0 saturated heterocycles. The summed E-state index contributed by atoms with van der Waals surface area (Å²) < 4.78 is 2.86. The lowest BCUT2D eigenvalue weighted by Gasteiger charge is -2.06. The van der Waals surface area contributed by atoms with Gasteiger partial charge in [-0.05, 0) is 47.0 Å². The predicted octanol–water partition coefficient (Wildman–Crippen LogP) is 2.93. The van der Waals surface area contributed by atoms with E-state index in [9.17, 15) is 0 Å². The molecule has 1 heterocycles. The van der Waals surface area contributed by atoms with E-state index in [1.807, 2.05) is 11.7 Å². The van der Waals surface area contributed by atoms with Crippen LogP contribution in [0.25, 0.3) is 11.3 Å². The first-order valence-corrected chi connectivity index (χ1v) is 6.33. The Morgan fingerprint density at radius 3 is 2.53 bits per heavy atom. The van der Waals surface area contributed by atoms with Crippen LogP contribution in [-0.2, 0) is 13.6 Å². The maximum atomic E-state index is 5.66. The molecule has 0 aliphatic heterocycles. The largest absolute Gasteiger partial charge is 0.325 e. The molecule has 2 aromatic rings. The molecule has 90 valence electrons. The van der Waals surface area contributed by atoms with Crippen LogP contribution in [0, 0.1) is 13.8 Å². The molecular weight excluding hydrogens is 278 g/mol. The second-order valence-corrected chi connectivity index (χ2v) is 5.03. The number of rotatable bonds is 2. The van der Waals surface area contributed by atoms with E-state index >= 15 is 0 Å². The minimum Gasteiger partial charge on any atom is -0.325 e. The zero-order chi connectivity index (χ0) is 12.6. The van der Waals surface area contributed by atoms with Crippen LogP contribution in [0.15, 0.2) is 22.7 Å². The number of hydrogen-bond donors (Lipinski definition) is 1. The second kappa shape index (κ2) is 4.63. The van der Waals surface area contributed by atoms with Gasteiger partial charge in [-0.2, -0.15) is 5.10 Å². The fourth-order valence-electron chi connectivity index (χ4n) is 1.89. The first kappa shape index (κ1) is 12.3. The topological polar surface area (TPSA) is 43.8 Å². The van der Waals surface area contributed by atoms with Gasteiger partial charge in [-0.15, -0.1) is 0 Å². The number of halogens is 1. The van der Waals surface area contributed by atoms with Gasteiger partial charge in [0.1, 0.15) is 0 Å². The molecule has 1 aromatic heterocycles. The summed E-state index contributed by atoms with van der Waals surface area (Å²) in [5.41, 5.74) is 11.4. The van der Waals surface area contributed by atoms with E-state index in [2.05, 4.69) is 53.1 Å². The summed E-state index contributed by atoms with van der Waals surface area (Å²) in [5, 5.41) is 4.40. The Bertz CT molecular complexity index is 558. The molecule has 0 fully saturated rings. The average molecular weight is 294 g/mol. The third-order valence-electron chi connectivity index (χ3n) is 3.03. The van der Waals surface area contributed by atoms with Crippen molar-refractivity contribution in [2.75, 3.05) is 0 Å². The minimum absolute atomic E-state index is 0.444. The highest BCUT2D eigenvalue weighted by molar-refractivity contribution is 9.10. The molecule has 0 aliphatic rings. The first-order valence-electron chi connectivity index (χ1n) is 5.53. The second-order valence-electron chi connectivity index (χ2n) is 4.24. The quantitative estimate of drug-likeness (QED) is 0.925. The highest BCUT2D eigenvalue weighted by Crippen LogP contribution is 2.31. The van der Waals surface area contributed by atoms with E-state index < -0.39 is 0 Å². The molecule has 0 radical (unpaired) electrons. The fourth-order valence-corrected chi connectivity index (χ4v) is 2.61. The summed E-state index contributed by atoms with van der Waals surface area (Å²) >= 11 is 3.58. The minimum atomic E-state index is 0.444. The molecule has 0 unspecified atom stereocenters. The Morgan fingerprint density at radius 1 is 1.29 bits per heavy atom. The molecule has 2 N–H and O–H groups in total. The van der Waals surface area contributed by atoms with Crippen molar-refractivity contribution in [3.05, 3.63) is 39.5 Å². The number of nitrogens with two attached hydrogens (primary N) is 1. The Hall–Kier alpha value is -1.13. The van der Waals surface area contributed by atoms with Gasteiger partial charge in [-0.3, -0.25) is 4.68 Å². The molecule has 2 rings (SSSR count). The molecular formula is C13H16BrN3. The number of hydrogen-bond acceptors (Lipinski definition) is 2. The van der Waals surface area contributed by atoms with E-state index in [1.54, 1.807) is 0 Å². The summed E-state index contributed by atoms with van der Waals surface area (Å²) in [5.74, 6) is 0. The van der Waals surface area contributed by atoms with Crippen LogP contribution in [0.1, 0.15) is 16.8 Å². The molecule has 0 atom stereocenters. The molecule has 0 amide bonds. The Labute approximate surface area is 110 Å². The van der Waals surface area contributed by atoms with Crippen molar-refractivity contribution in [1.82, 2.24) is 9.78 Å². The zero-order valence-corrected chi connectivity index (χ0v) is 11.9. The van der Waals surface area contributed by atoms with Crippen LogP contribution in [-0.4, -0.2) is 9.78 Å². The lowest BCUT2D eigenvalue weighted by molar-refractivity contribution is 0.749. The smallest absolute Gasteiger partial charge is 0.0908 e. The van der Waals surface area contributed by atoms with E-state index in [4.69, 9.17) is 5.73 Å². The molecule has 3 nitrogen and oxygen atoms in total. The van der Waals surface area contributed by atoms with Crippen molar-refractivity contribution >= 4 is 15.9 Å². The van der Waals surface area contributed by atoms with Crippen molar-refractivity contribution in [2.45, 2.75) is 20.4 Å². The van der Waals surface area contributed by atoms with Gasteiger partial charge in [-0.25, -0.2) is 0 Å². The average Bonchev–Trinajstić information content (AvgIpc) is 2.58. The first-order chi connectivity index (χ1) is 8.04. The van der Waals surface area contributed by atoms with Gasteiger partial charge in [0.2, 0.25) is 0 Å². The summed E-state index contributed by atoms with van der Waals surface area (Å²) in [6, 6.07) is 6.42. The Kier molecular flexibility index (Phi) is 3.35. The van der Waals surface area contributed by atoms with Crippen molar-refractivity contribution in [3.8, 4) is 11.3 Å². The van der Waals surface area contributed by atoms with Gasteiger partial charge < -0.3 is 5.73 Å². The monoisotopic (exact) mass is 293 g/mol. The van der Waals surface area contributed by atoms with Crippen molar-refractivity contribution in [1.29, 1.82) is 0 Å². The van der Waals surface area contributed by atoms with Gasteiger partial charge in [0.05, 0.1) is 15.9 Å². The number of aryl methyl sites for hydroxylation is 3. The Balaban J connectivity index is 2.60. The van der Waals surface area contributed by atoms with Crippen LogP contribution < -0.4 is 5.73 Å². The van der Waals surface area contributed by atoms with Crippen LogP contribution in [0.5, 0.6) is 0 Å². The number of nitrogens with zero attached hydrogens (tertiary/aromatic N) is 2. The maximum Gasteiger partial charge on any atom is 0.0908 e. The van der Waals surface area contributed by atoms with Crippen molar-refractivity contribution in [2.24, 2.45) is 12.8 Å². The summed E-state index contributed by atoms with van der Waals surface area (Å²) in [7, 11) is 1.94. The molecule has 0 spiro atoms. The van der Waals surface area contributed by atoms with Crippen LogP contribution in [0.4, 0.5) is 0 Å². The maximum absolute atomic E-state index is 5.66. The number of aromatic nitrogens is 2. The van der Waals surface area contributed by atoms with E-state index in [0.717, 1.165) is 21.4 Å². The highest BCUT2D eigenvalue weighted by atomic mass is 79.9.